The topological polar surface area (TPSA) is 94.2 Å². The van der Waals surface area contributed by atoms with E-state index in [-0.39, 0.29) is 12.5 Å². The Balaban J connectivity index is 1.11. The van der Waals surface area contributed by atoms with Gasteiger partial charge < -0.3 is 10.1 Å². The molecule has 2 aromatic carbocycles. The van der Waals surface area contributed by atoms with Gasteiger partial charge in [0.05, 0.1) is 13.2 Å². The van der Waals surface area contributed by atoms with Crippen LogP contribution in [0.5, 0.6) is 5.75 Å². The second-order valence-corrected chi connectivity index (χ2v) is 9.19. The van der Waals surface area contributed by atoms with Crippen molar-refractivity contribution in [2.75, 3.05) is 39.3 Å². The van der Waals surface area contributed by atoms with Gasteiger partial charge >= 0.3 is 6.03 Å². The van der Waals surface area contributed by atoms with Crippen LogP contribution in [0, 0.1) is 0 Å². The highest BCUT2D eigenvalue weighted by molar-refractivity contribution is 6.08. The van der Waals surface area contributed by atoms with Crippen LogP contribution in [0.3, 0.4) is 0 Å². The van der Waals surface area contributed by atoms with Crippen LogP contribution in [-0.4, -0.2) is 72.0 Å². The molecule has 34 heavy (non-hydrogen) atoms. The summed E-state index contributed by atoms with van der Waals surface area (Å²) in [5, 5.41) is 3.49. The van der Waals surface area contributed by atoms with Gasteiger partial charge in [-0.15, -0.1) is 0 Å². The molecule has 0 aliphatic carbocycles. The second kappa shape index (κ2) is 9.08. The number of rotatable bonds is 6. The summed E-state index contributed by atoms with van der Waals surface area (Å²) >= 11 is 0. The summed E-state index contributed by atoms with van der Waals surface area (Å²) < 4.78 is 5.58. The fourth-order valence-corrected chi connectivity index (χ4v) is 4.77. The molecule has 0 aromatic heterocycles. The summed E-state index contributed by atoms with van der Waals surface area (Å²) in [5.74, 6) is 0.114. The van der Waals surface area contributed by atoms with Crippen molar-refractivity contribution < 1.29 is 19.1 Å². The van der Waals surface area contributed by atoms with Crippen LogP contribution >= 0.6 is 0 Å². The Morgan fingerprint density at radius 2 is 1.79 bits per heavy atom. The van der Waals surface area contributed by atoms with E-state index >= 15 is 0 Å². The zero-order chi connectivity index (χ0) is 23.7. The van der Waals surface area contributed by atoms with Gasteiger partial charge in [-0.25, -0.2) is 4.79 Å². The Morgan fingerprint density at radius 1 is 1.06 bits per heavy atom. The van der Waals surface area contributed by atoms with E-state index in [9.17, 15) is 14.4 Å². The number of ether oxygens (including phenoxy) is 1. The molecule has 2 saturated heterocycles. The summed E-state index contributed by atoms with van der Waals surface area (Å²) in [6.45, 7) is 6.56. The van der Waals surface area contributed by atoms with Crippen LogP contribution in [-0.2, 0) is 28.1 Å². The number of nitrogens with zero attached hydrogens (tertiary/aromatic N) is 3. The summed E-state index contributed by atoms with van der Waals surface area (Å²) in [6, 6.07) is 14.8. The quantitative estimate of drug-likeness (QED) is 0.626. The van der Waals surface area contributed by atoms with E-state index in [1.807, 2.05) is 11.0 Å². The van der Waals surface area contributed by atoms with Crippen molar-refractivity contribution in [3.8, 4) is 5.75 Å². The average Bonchev–Trinajstić information content (AvgIpc) is 3.39. The van der Waals surface area contributed by atoms with Gasteiger partial charge in [-0.05, 0) is 29.7 Å². The fourth-order valence-electron chi connectivity index (χ4n) is 4.77. The van der Waals surface area contributed by atoms with E-state index in [2.05, 4.69) is 33.8 Å². The highest BCUT2D eigenvalue weighted by Crippen LogP contribution is 2.28. The lowest BCUT2D eigenvalue weighted by Gasteiger charge is -2.34. The average molecular weight is 464 g/mol. The number of benzene rings is 2. The van der Waals surface area contributed by atoms with E-state index in [0.29, 0.717) is 5.56 Å². The first kappa shape index (κ1) is 22.4. The zero-order valence-electron chi connectivity index (χ0n) is 19.3. The van der Waals surface area contributed by atoms with E-state index in [0.717, 1.165) is 56.5 Å². The standard InChI is InChI=1S/C25H29N5O4/c1-25(20-5-3-2-4-6-20)23(32)30(24(33)26-25)27-22(31)17-29-12-10-28(11-13-29)16-18-7-8-21-19(15-18)9-14-34-21/h2-8,15H,9-14,16-17H2,1H3,(H,26,33)(H,27,31)/t25-/m1/s1. The summed E-state index contributed by atoms with van der Waals surface area (Å²) in [5.41, 5.74) is 4.50. The Kier molecular flexibility index (Phi) is 5.97. The summed E-state index contributed by atoms with van der Waals surface area (Å²) in [7, 11) is 0. The van der Waals surface area contributed by atoms with Crippen LogP contribution in [0.4, 0.5) is 4.79 Å². The van der Waals surface area contributed by atoms with Crippen LogP contribution < -0.4 is 15.5 Å². The van der Waals surface area contributed by atoms with Crippen molar-refractivity contribution >= 4 is 17.8 Å². The van der Waals surface area contributed by atoms with E-state index < -0.39 is 17.5 Å². The van der Waals surface area contributed by atoms with Crippen LogP contribution in [0.2, 0.25) is 0 Å². The molecule has 1 atom stereocenters. The van der Waals surface area contributed by atoms with E-state index in [1.54, 1.807) is 31.2 Å². The molecule has 0 saturated carbocycles. The van der Waals surface area contributed by atoms with Gasteiger partial charge in [0.1, 0.15) is 11.3 Å². The first-order chi connectivity index (χ1) is 16.4. The lowest BCUT2D eigenvalue weighted by atomic mass is 9.92. The molecule has 2 aromatic rings. The molecule has 5 rings (SSSR count). The van der Waals surface area contributed by atoms with Crippen molar-refractivity contribution in [2.24, 2.45) is 0 Å². The maximum atomic E-state index is 13.0. The number of hydrogen-bond acceptors (Lipinski definition) is 6. The van der Waals surface area contributed by atoms with Crippen molar-refractivity contribution in [3.63, 3.8) is 0 Å². The van der Waals surface area contributed by atoms with Gasteiger partial charge in [0, 0.05) is 39.1 Å². The first-order valence-electron chi connectivity index (χ1n) is 11.6. The molecule has 4 amide bonds. The van der Waals surface area contributed by atoms with Crippen molar-refractivity contribution in [1.82, 2.24) is 25.6 Å². The number of amides is 4. The zero-order valence-corrected chi connectivity index (χ0v) is 19.3. The number of piperazine rings is 1. The number of carbonyl (C=O) groups excluding carboxylic acids is 3. The molecule has 3 aliphatic heterocycles. The Morgan fingerprint density at radius 3 is 2.56 bits per heavy atom. The number of imide groups is 1. The Hall–Kier alpha value is -3.43. The van der Waals surface area contributed by atoms with Gasteiger partial charge in [0.2, 0.25) is 0 Å². The number of hydrogen-bond donors (Lipinski definition) is 2. The monoisotopic (exact) mass is 463 g/mol. The van der Waals surface area contributed by atoms with Gasteiger partial charge in [-0.2, -0.15) is 5.01 Å². The van der Waals surface area contributed by atoms with Gasteiger partial charge in [0.25, 0.3) is 11.8 Å². The molecule has 3 aliphatic rings. The van der Waals surface area contributed by atoms with Crippen LogP contribution in [0.1, 0.15) is 23.6 Å². The SMILES string of the molecule is C[C@]1(c2ccccc2)NC(=O)N(NC(=O)CN2CCN(Cc3ccc4c(c3)CCO4)CC2)C1=O. The van der Waals surface area contributed by atoms with Crippen molar-refractivity contribution in [3.05, 3.63) is 65.2 Å². The van der Waals surface area contributed by atoms with E-state index in [1.165, 1.54) is 11.1 Å². The predicted octanol–water partition coefficient (Wildman–Crippen LogP) is 1.24. The number of nitrogens with one attached hydrogen (secondary N) is 2. The summed E-state index contributed by atoms with van der Waals surface area (Å²) in [6.07, 6.45) is 0.966. The smallest absolute Gasteiger partial charge is 0.344 e. The maximum absolute atomic E-state index is 13.0. The molecule has 9 heteroatoms. The Bertz CT molecular complexity index is 1100. The molecular weight excluding hydrogens is 434 g/mol. The highest BCUT2D eigenvalue weighted by Gasteiger charge is 2.50. The number of urea groups is 1. The molecule has 178 valence electrons. The molecule has 0 unspecified atom stereocenters. The molecule has 3 heterocycles. The molecule has 0 spiro atoms. The van der Waals surface area contributed by atoms with E-state index in [4.69, 9.17) is 4.74 Å². The fraction of sp³-hybridized carbons (Fsp3) is 0.400. The third-order valence-electron chi connectivity index (χ3n) is 6.77. The van der Waals surface area contributed by atoms with Crippen molar-refractivity contribution in [2.45, 2.75) is 25.4 Å². The number of fused-ring (bicyclic) bond motifs is 1. The lowest BCUT2D eigenvalue weighted by molar-refractivity contribution is -0.139. The first-order valence-corrected chi connectivity index (χ1v) is 11.6. The largest absolute Gasteiger partial charge is 0.493 e. The minimum Gasteiger partial charge on any atom is -0.493 e. The van der Waals surface area contributed by atoms with Crippen molar-refractivity contribution in [1.29, 1.82) is 0 Å². The minimum absolute atomic E-state index is 0.128. The number of hydrazine groups is 1. The molecular formula is C25H29N5O4. The maximum Gasteiger partial charge on any atom is 0.344 e. The molecule has 9 nitrogen and oxygen atoms in total. The lowest BCUT2D eigenvalue weighted by Crippen LogP contribution is -2.53. The van der Waals surface area contributed by atoms with Crippen LogP contribution in [0.25, 0.3) is 0 Å². The van der Waals surface area contributed by atoms with Crippen LogP contribution in [0.15, 0.2) is 48.5 Å². The van der Waals surface area contributed by atoms with Gasteiger partial charge in [0.15, 0.2) is 0 Å². The normalized spacial score (nSPS) is 22.9. The predicted molar refractivity (Wildman–Crippen MR) is 125 cm³/mol. The highest BCUT2D eigenvalue weighted by atomic mass is 16.5. The third-order valence-corrected chi connectivity index (χ3v) is 6.77. The third kappa shape index (κ3) is 4.36. The molecule has 2 fully saturated rings. The summed E-state index contributed by atoms with van der Waals surface area (Å²) in [4.78, 5) is 42.4. The molecule has 0 bridgehead atoms. The van der Waals surface area contributed by atoms with Gasteiger partial charge in [-0.1, -0.05) is 42.5 Å². The van der Waals surface area contributed by atoms with Gasteiger partial charge in [-0.3, -0.25) is 24.8 Å². The molecule has 2 N–H and O–H groups in total. The molecule has 0 radical (unpaired) electrons. The minimum atomic E-state index is -1.21. The Labute approximate surface area is 198 Å². The number of carbonyl (C=O) groups is 3. The second-order valence-electron chi connectivity index (χ2n) is 9.19.